The molecule has 6 nitrogen and oxygen atoms in total. The average Bonchev–Trinajstić information content (AvgIpc) is 2.76. The van der Waals surface area contributed by atoms with E-state index in [-0.39, 0.29) is 0 Å². The molecule has 0 unspecified atom stereocenters. The molecule has 0 spiro atoms. The van der Waals surface area contributed by atoms with Crippen LogP contribution in [0, 0.1) is 6.92 Å². The number of ether oxygens (including phenoxy) is 1. The summed E-state index contributed by atoms with van der Waals surface area (Å²) >= 11 is 9.43. The number of nitrogens with zero attached hydrogens (tertiary/aromatic N) is 1. The fourth-order valence-corrected chi connectivity index (χ4v) is 2.97. The van der Waals surface area contributed by atoms with Crippen LogP contribution >= 0.6 is 27.5 Å². The van der Waals surface area contributed by atoms with Crippen LogP contribution in [-0.2, 0) is 16.2 Å². The van der Waals surface area contributed by atoms with Crippen molar-refractivity contribution in [1.82, 2.24) is 5.43 Å². The average molecular weight is 501 g/mol. The fraction of sp³-hybridized carbons (Fsp3) is 0.0870. The van der Waals surface area contributed by atoms with E-state index < -0.39 is 11.8 Å². The molecule has 3 aromatic carbocycles. The monoisotopic (exact) mass is 499 g/mol. The molecule has 3 rings (SSSR count). The Morgan fingerprint density at radius 2 is 1.81 bits per heavy atom. The van der Waals surface area contributed by atoms with Gasteiger partial charge in [-0.2, -0.15) is 5.10 Å². The molecule has 3 aromatic rings. The largest absolute Gasteiger partial charge is 0.488 e. The van der Waals surface area contributed by atoms with Gasteiger partial charge in [0.15, 0.2) is 0 Å². The minimum atomic E-state index is -0.902. The maximum atomic E-state index is 12.0. The minimum absolute atomic E-state index is 0.381. The second-order valence-corrected chi connectivity index (χ2v) is 7.89. The van der Waals surface area contributed by atoms with Crippen LogP contribution in [-0.4, -0.2) is 18.0 Å². The number of benzene rings is 3. The summed E-state index contributed by atoms with van der Waals surface area (Å²) in [5.41, 5.74) is 5.17. The van der Waals surface area contributed by atoms with Crippen LogP contribution in [0.2, 0.25) is 5.02 Å². The van der Waals surface area contributed by atoms with Crippen molar-refractivity contribution in [3.8, 4) is 5.75 Å². The van der Waals surface area contributed by atoms with Crippen LogP contribution in [0.15, 0.2) is 76.3 Å². The Bertz CT molecular complexity index is 1120. The Balaban J connectivity index is 1.57. The summed E-state index contributed by atoms with van der Waals surface area (Å²) in [6, 6.07) is 20.0. The molecule has 0 heterocycles. The summed E-state index contributed by atoms with van der Waals surface area (Å²) in [6.45, 7) is 2.22. The van der Waals surface area contributed by atoms with Gasteiger partial charge in [-0.05, 0) is 54.4 Å². The van der Waals surface area contributed by atoms with Crippen molar-refractivity contribution in [2.75, 3.05) is 5.32 Å². The van der Waals surface area contributed by atoms with E-state index in [4.69, 9.17) is 16.3 Å². The molecule has 0 aromatic heterocycles. The Morgan fingerprint density at radius 1 is 1.06 bits per heavy atom. The SMILES string of the molecule is Cc1ccc(NC(=O)C(=O)N/N=C/c2ccccc2OCc2ccc(Br)cc2)cc1Cl. The Labute approximate surface area is 193 Å². The first-order valence-corrected chi connectivity index (χ1v) is 10.5. The molecule has 0 aliphatic rings. The molecule has 0 fully saturated rings. The topological polar surface area (TPSA) is 79.8 Å². The zero-order valence-corrected chi connectivity index (χ0v) is 18.9. The summed E-state index contributed by atoms with van der Waals surface area (Å²) in [4.78, 5) is 24.0. The lowest BCUT2D eigenvalue weighted by atomic mass is 10.2. The van der Waals surface area contributed by atoms with Gasteiger partial charge in [0, 0.05) is 20.7 Å². The second kappa shape index (κ2) is 10.7. The molecule has 0 radical (unpaired) electrons. The minimum Gasteiger partial charge on any atom is -0.488 e. The van der Waals surface area contributed by atoms with Crippen molar-refractivity contribution >= 4 is 51.2 Å². The van der Waals surface area contributed by atoms with Gasteiger partial charge in [-0.15, -0.1) is 0 Å². The number of halogens is 2. The lowest BCUT2D eigenvalue weighted by Crippen LogP contribution is -2.32. The zero-order chi connectivity index (χ0) is 22.2. The van der Waals surface area contributed by atoms with E-state index in [1.54, 1.807) is 30.3 Å². The normalized spacial score (nSPS) is 10.7. The van der Waals surface area contributed by atoms with Crippen molar-refractivity contribution in [2.45, 2.75) is 13.5 Å². The number of aryl methyl sites for hydroxylation is 1. The Morgan fingerprint density at radius 3 is 2.55 bits per heavy atom. The number of carbonyl (C=O) groups is 2. The van der Waals surface area contributed by atoms with Crippen molar-refractivity contribution in [3.05, 3.63) is 92.9 Å². The van der Waals surface area contributed by atoms with E-state index in [1.165, 1.54) is 6.21 Å². The molecule has 2 N–H and O–H groups in total. The zero-order valence-electron chi connectivity index (χ0n) is 16.6. The molecule has 31 heavy (non-hydrogen) atoms. The van der Waals surface area contributed by atoms with E-state index >= 15 is 0 Å². The maximum absolute atomic E-state index is 12.0. The summed E-state index contributed by atoms with van der Waals surface area (Å²) in [5.74, 6) is -1.15. The predicted molar refractivity (Wildman–Crippen MR) is 125 cm³/mol. The summed E-state index contributed by atoms with van der Waals surface area (Å²) in [5, 5.41) is 6.84. The Kier molecular flexibility index (Phi) is 7.81. The standard InChI is InChI=1S/C23H19BrClN3O3/c1-15-6-11-19(12-20(15)25)27-22(29)23(30)28-26-13-17-4-2-3-5-21(17)31-14-16-7-9-18(24)10-8-16/h2-13H,14H2,1H3,(H,27,29)(H,28,30)/b26-13+. The van der Waals surface area contributed by atoms with E-state index in [9.17, 15) is 9.59 Å². The molecule has 8 heteroatoms. The van der Waals surface area contributed by atoms with Crippen LogP contribution < -0.4 is 15.5 Å². The first-order valence-electron chi connectivity index (χ1n) is 9.29. The van der Waals surface area contributed by atoms with Gasteiger partial charge in [-0.3, -0.25) is 9.59 Å². The molecule has 0 saturated heterocycles. The third-order valence-corrected chi connectivity index (χ3v) is 5.17. The number of para-hydroxylation sites is 1. The highest BCUT2D eigenvalue weighted by atomic mass is 79.9. The van der Waals surface area contributed by atoms with E-state index in [0.717, 1.165) is 15.6 Å². The number of anilines is 1. The van der Waals surface area contributed by atoms with Gasteiger partial charge in [-0.25, -0.2) is 5.43 Å². The fourth-order valence-electron chi connectivity index (χ4n) is 2.53. The van der Waals surface area contributed by atoms with Gasteiger partial charge in [0.1, 0.15) is 12.4 Å². The molecule has 0 bridgehead atoms. The number of amides is 2. The first-order chi connectivity index (χ1) is 14.9. The number of carbonyl (C=O) groups excluding carboxylic acids is 2. The second-order valence-electron chi connectivity index (χ2n) is 6.57. The van der Waals surface area contributed by atoms with E-state index in [2.05, 4.69) is 31.8 Å². The van der Waals surface area contributed by atoms with Gasteiger partial charge in [-0.1, -0.05) is 57.9 Å². The lowest BCUT2D eigenvalue weighted by molar-refractivity contribution is -0.136. The summed E-state index contributed by atoms with van der Waals surface area (Å²) in [7, 11) is 0. The Hall–Kier alpha value is -3.16. The molecule has 0 saturated carbocycles. The highest BCUT2D eigenvalue weighted by Crippen LogP contribution is 2.20. The number of hydrogen-bond donors (Lipinski definition) is 2. The van der Waals surface area contributed by atoms with Crippen molar-refractivity contribution in [3.63, 3.8) is 0 Å². The van der Waals surface area contributed by atoms with Gasteiger partial charge in [0.2, 0.25) is 0 Å². The van der Waals surface area contributed by atoms with Gasteiger partial charge >= 0.3 is 11.8 Å². The quantitative estimate of drug-likeness (QED) is 0.281. The number of hydrazone groups is 1. The molecular weight excluding hydrogens is 482 g/mol. The predicted octanol–water partition coefficient (Wildman–Crippen LogP) is 5.08. The van der Waals surface area contributed by atoms with Gasteiger partial charge in [0.05, 0.1) is 6.21 Å². The molecule has 0 aliphatic carbocycles. The van der Waals surface area contributed by atoms with Crippen molar-refractivity contribution < 1.29 is 14.3 Å². The molecule has 0 atom stereocenters. The van der Waals surface area contributed by atoms with Crippen molar-refractivity contribution in [2.24, 2.45) is 5.10 Å². The highest BCUT2D eigenvalue weighted by molar-refractivity contribution is 9.10. The first kappa shape index (κ1) is 22.5. The summed E-state index contributed by atoms with van der Waals surface area (Å²) < 4.78 is 6.85. The van der Waals surface area contributed by atoms with Crippen LogP contribution in [0.4, 0.5) is 5.69 Å². The van der Waals surface area contributed by atoms with E-state index in [1.807, 2.05) is 43.3 Å². The van der Waals surface area contributed by atoms with Gasteiger partial charge < -0.3 is 10.1 Å². The highest BCUT2D eigenvalue weighted by Gasteiger charge is 2.13. The number of hydrogen-bond acceptors (Lipinski definition) is 4. The molecule has 2 amide bonds. The van der Waals surface area contributed by atoms with Gasteiger partial charge in [0.25, 0.3) is 0 Å². The van der Waals surface area contributed by atoms with Crippen LogP contribution in [0.25, 0.3) is 0 Å². The smallest absolute Gasteiger partial charge is 0.329 e. The van der Waals surface area contributed by atoms with Crippen molar-refractivity contribution in [1.29, 1.82) is 0 Å². The lowest BCUT2D eigenvalue weighted by Gasteiger charge is -2.09. The maximum Gasteiger partial charge on any atom is 0.329 e. The van der Waals surface area contributed by atoms with E-state index in [0.29, 0.717) is 28.6 Å². The van der Waals surface area contributed by atoms with Crippen LogP contribution in [0.1, 0.15) is 16.7 Å². The molecule has 0 aliphatic heterocycles. The summed E-state index contributed by atoms with van der Waals surface area (Å²) in [6.07, 6.45) is 1.42. The third kappa shape index (κ3) is 6.67. The number of rotatable bonds is 6. The van der Waals surface area contributed by atoms with Crippen LogP contribution in [0.5, 0.6) is 5.75 Å². The number of nitrogens with one attached hydrogen (secondary N) is 2. The molecule has 158 valence electrons. The van der Waals surface area contributed by atoms with Crippen LogP contribution in [0.3, 0.4) is 0 Å². The molecular formula is C23H19BrClN3O3. The third-order valence-electron chi connectivity index (χ3n) is 4.23.